The average Bonchev–Trinajstić information content (AvgIpc) is 1.38. The van der Waals surface area contributed by atoms with Crippen LogP contribution < -0.4 is 6.15 Å². The van der Waals surface area contributed by atoms with E-state index in [-0.39, 0.29) is 6.15 Å². The molecule has 0 aliphatic rings. The zero-order chi connectivity index (χ0) is 4.28. The highest BCUT2D eigenvalue weighted by atomic mass is 35.5. The quantitative estimate of drug-likeness (QED) is 0.388. The first kappa shape index (κ1) is 9.34. The minimum Gasteiger partial charge on any atom is -0.374 e. The van der Waals surface area contributed by atoms with Crippen LogP contribution in [-0.4, -0.2) is 10.7 Å². The lowest BCUT2D eigenvalue weighted by Gasteiger charge is -1.81. The maximum Gasteiger partial charge on any atom is 0.146 e. The van der Waals surface area contributed by atoms with Crippen molar-refractivity contribution in [2.45, 2.75) is 5.56 Å². The number of aliphatic hydroxyl groups is 1. The second-order valence-corrected chi connectivity index (χ2v) is 1.06. The Morgan fingerprint density at radius 2 is 2.00 bits per heavy atom. The number of aliphatic hydroxyl groups excluding tert-OH is 1. The first-order valence-electron chi connectivity index (χ1n) is 1.22. The molecule has 0 saturated heterocycles. The van der Waals surface area contributed by atoms with Crippen LogP contribution in [0.5, 0.6) is 0 Å². The van der Waals surface area contributed by atoms with E-state index in [4.69, 9.17) is 16.7 Å². The van der Waals surface area contributed by atoms with Crippen LogP contribution in [0, 0.1) is 0 Å². The van der Waals surface area contributed by atoms with E-state index < -0.39 is 5.56 Å². The summed E-state index contributed by atoms with van der Waals surface area (Å²) >= 11 is 4.90. The molecule has 0 aromatic heterocycles. The standard InChI is InChI=1S/C3H5ClO.H3N/c1-2-3(4)5;/h2-3,5H,1H2;1H3. The van der Waals surface area contributed by atoms with Crippen molar-refractivity contribution in [1.82, 2.24) is 6.15 Å². The SMILES string of the molecule is C=CC(O)Cl.N. The van der Waals surface area contributed by atoms with Crippen molar-refractivity contribution in [2.24, 2.45) is 0 Å². The Labute approximate surface area is 42.0 Å². The van der Waals surface area contributed by atoms with E-state index >= 15 is 0 Å². The molecule has 0 rings (SSSR count). The normalized spacial score (nSPS) is 11.7. The van der Waals surface area contributed by atoms with Gasteiger partial charge in [-0.2, -0.15) is 0 Å². The van der Waals surface area contributed by atoms with Gasteiger partial charge in [0.2, 0.25) is 0 Å². The van der Waals surface area contributed by atoms with Gasteiger partial charge in [-0.3, -0.25) is 0 Å². The van der Waals surface area contributed by atoms with Crippen molar-refractivity contribution < 1.29 is 5.11 Å². The summed E-state index contributed by atoms with van der Waals surface area (Å²) < 4.78 is 0. The molecule has 0 aliphatic heterocycles. The Bertz CT molecular complexity index is 37.8. The van der Waals surface area contributed by atoms with Crippen LogP contribution >= 0.6 is 11.6 Å². The maximum atomic E-state index is 8.01. The van der Waals surface area contributed by atoms with E-state index in [2.05, 4.69) is 6.58 Å². The molecule has 0 aromatic carbocycles. The monoisotopic (exact) mass is 109 g/mol. The van der Waals surface area contributed by atoms with Gasteiger partial charge in [0.1, 0.15) is 5.56 Å². The van der Waals surface area contributed by atoms with Crippen molar-refractivity contribution in [1.29, 1.82) is 0 Å². The van der Waals surface area contributed by atoms with Crippen LogP contribution in [0.1, 0.15) is 0 Å². The van der Waals surface area contributed by atoms with E-state index in [9.17, 15) is 0 Å². The number of halogens is 1. The number of hydrogen-bond donors (Lipinski definition) is 2. The first-order chi connectivity index (χ1) is 2.27. The lowest BCUT2D eigenvalue weighted by Crippen LogP contribution is -1.83. The molecule has 0 heterocycles. The minimum atomic E-state index is -0.880. The number of rotatable bonds is 1. The summed E-state index contributed by atoms with van der Waals surface area (Å²) in [5.74, 6) is 0. The van der Waals surface area contributed by atoms with E-state index in [1.54, 1.807) is 0 Å². The third-order valence-corrected chi connectivity index (χ3v) is 0.373. The number of hydrogen-bond acceptors (Lipinski definition) is 2. The Morgan fingerprint density at radius 1 is 1.83 bits per heavy atom. The molecule has 0 fully saturated rings. The van der Waals surface area contributed by atoms with Gasteiger partial charge in [-0.05, 0) is 6.08 Å². The minimum absolute atomic E-state index is 0. The van der Waals surface area contributed by atoms with E-state index in [1.807, 2.05) is 0 Å². The summed E-state index contributed by atoms with van der Waals surface area (Å²) in [4.78, 5) is 0. The first-order valence-corrected chi connectivity index (χ1v) is 1.65. The Balaban J connectivity index is 0. The van der Waals surface area contributed by atoms with Crippen molar-refractivity contribution in [3.05, 3.63) is 12.7 Å². The van der Waals surface area contributed by atoms with Crippen LogP contribution in [0.25, 0.3) is 0 Å². The fraction of sp³-hybridized carbons (Fsp3) is 0.333. The molecule has 3 heteroatoms. The lowest BCUT2D eigenvalue weighted by molar-refractivity contribution is 0.303. The van der Waals surface area contributed by atoms with Gasteiger partial charge < -0.3 is 11.3 Å². The van der Waals surface area contributed by atoms with Crippen LogP contribution in [0.3, 0.4) is 0 Å². The molecule has 38 valence electrons. The second kappa shape index (κ2) is 4.95. The van der Waals surface area contributed by atoms with Gasteiger partial charge in [0, 0.05) is 0 Å². The molecule has 0 spiro atoms. The highest BCUT2D eigenvalue weighted by Gasteiger charge is 1.78. The van der Waals surface area contributed by atoms with Crippen LogP contribution in [0.15, 0.2) is 12.7 Å². The van der Waals surface area contributed by atoms with Gasteiger partial charge in [0.25, 0.3) is 0 Å². The van der Waals surface area contributed by atoms with Crippen LogP contribution in [-0.2, 0) is 0 Å². The molecular weight excluding hydrogens is 101 g/mol. The summed E-state index contributed by atoms with van der Waals surface area (Å²) in [7, 11) is 0. The molecule has 0 bridgehead atoms. The summed E-state index contributed by atoms with van der Waals surface area (Å²) in [6.07, 6.45) is 1.24. The van der Waals surface area contributed by atoms with Gasteiger partial charge in [-0.25, -0.2) is 0 Å². The molecule has 0 aromatic rings. The van der Waals surface area contributed by atoms with E-state index in [1.165, 1.54) is 6.08 Å². The molecule has 0 aliphatic carbocycles. The van der Waals surface area contributed by atoms with Gasteiger partial charge in [0.15, 0.2) is 0 Å². The molecule has 2 nitrogen and oxygen atoms in total. The third kappa shape index (κ3) is 9.04. The van der Waals surface area contributed by atoms with Gasteiger partial charge in [0.05, 0.1) is 0 Å². The maximum absolute atomic E-state index is 8.01. The number of alkyl halides is 1. The van der Waals surface area contributed by atoms with Gasteiger partial charge >= 0.3 is 0 Å². The molecule has 0 amide bonds. The van der Waals surface area contributed by atoms with Crippen molar-refractivity contribution in [2.75, 3.05) is 0 Å². The molecule has 6 heavy (non-hydrogen) atoms. The topological polar surface area (TPSA) is 55.2 Å². The molecule has 4 N–H and O–H groups in total. The fourth-order valence-electron chi connectivity index (χ4n) is 0. The zero-order valence-electron chi connectivity index (χ0n) is 3.39. The predicted molar refractivity (Wildman–Crippen MR) is 27.1 cm³/mol. The lowest BCUT2D eigenvalue weighted by atomic mass is 10.7. The van der Waals surface area contributed by atoms with E-state index in [0.717, 1.165) is 0 Å². The molecule has 0 radical (unpaired) electrons. The zero-order valence-corrected chi connectivity index (χ0v) is 4.15. The van der Waals surface area contributed by atoms with Crippen molar-refractivity contribution >= 4 is 11.6 Å². The largest absolute Gasteiger partial charge is 0.374 e. The summed E-state index contributed by atoms with van der Waals surface area (Å²) in [5.41, 5.74) is -0.880. The Hall–Kier alpha value is -0.0500. The molecule has 1 atom stereocenters. The summed E-state index contributed by atoms with van der Waals surface area (Å²) in [5, 5.41) is 8.01. The molecule has 0 saturated carbocycles. The van der Waals surface area contributed by atoms with Crippen molar-refractivity contribution in [3.63, 3.8) is 0 Å². The van der Waals surface area contributed by atoms with E-state index in [0.29, 0.717) is 0 Å². The third-order valence-electron chi connectivity index (χ3n) is 0.194. The Morgan fingerprint density at radius 3 is 2.00 bits per heavy atom. The highest BCUT2D eigenvalue weighted by Crippen LogP contribution is 1.85. The molecule has 1 unspecified atom stereocenters. The predicted octanol–water partition coefficient (Wildman–Crippen LogP) is 0.892. The van der Waals surface area contributed by atoms with Gasteiger partial charge in [-0.15, -0.1) is 0 Å². The highest BCUT2D eigenvalue weighted by molar-refractivity contribution is 6.20. The van der Waals surface area contributed by atoms with Crippen LogP contribution in [0.2, 0.25) is 0 Å². The summed E-state index contributed by atoms with van der Waals surface area (Å²) in [6.45, 7) is 3.18. The smallest absolute Gasteiger partial charge is 0.146 e. The average molecular weight is 110 g/mol. The fourth-order valence-corrected chi connectivity index (χ4v) is 0. The van der Waals surface area contributed by atoms with Crippen molar-refractivity contribution in [3.8, 4) is 0 Å². The molecular formula is C3H8ClNO. The second-order valence-electron chi connectivity index (χ2n) is 0.608. The summed E-state index contributed by atoms with van der Waals surface area (Å²) in [6, 6.07) is 0. The Kier molecular flexibility index (Phi) is 7.71. The van der Waals surface area contributed by atoms with Gasteiger partial charge in [-0.1, -0.05) is 18.2 Å². The van der Waals surface area contributed by atoms with Crippen LogP contribution in [0.4, 0.5) is 0 Å².